The summed E-state index contributed by atoms with van der Waals surface area (Å²) in [5, 5.41) is 3.30. The van der Waals surface area contributed by atoms with E-state index in [0.717, 1.165) is 37.3 Å². The van der Waals surface area contributed by atoms with E-state index in [1.54, 1.807) is 0 Å². The summed E-state index contributed by atoms with van der Waals surface area (Å²) in [5.41, 5.74) is 1.92. The number of aromatic nitrogens is 2. The van der Waals surface area contributed by atoms with Crippen molar-refractivity contribution in [3.63, 3.8) is 0 Å². The second-order valence-electron chi connectivity index (χ2n) is 4.02. The van der Waals surface area contributed by atoms with E-state index in [-0.39, 0.29) is 18.5 Å². The third-order valence-corrected chi connectivity index (χ3v) is 2.49. The molecule has 90 valence electrons. The number of hydrogen-bond acceptors (Lipinski definition) is 4. The minimum Gasteiger partial charge on any atom is -0.459 e. The van der Waals surface area contributed by atoms with Crippen molar-refractivity contribution in [1.29, 1.82) is 0 Å². The van der Waals surface area contributed by atoms with Gasteiger partial charge in [-0.1, -0.05) is 0 Å². The van der Waals surface area contributed by atoms with Gasteiger partial charge in [0, 0.05) is 17.9 Å². The lowest BCUT2D eigenvalue weighted by molar-refractivity contribution is 0.153. The van der Waals surface area contributed by atoms with Crippen LogP contribution in [0.2, 0.25) is 0 Å². The van der Waals surface area contributed by atoms with Crippen LogP contribution < -0.4 is 10.1 Å². The van der Waals surface area contributed by atoms with Crippen molar-refractivity contribution in [3.8, 4) is 6.01 Å². The van der Waals surface area contributed by atoms with Crippen molar-refractivity contribution in [1.82, 2.24) is 15.3 Å². The van der Waals surface area contributed by atoms with Crippen molar-refractivity contribution >= 4 is 12.4 Å². The molecule has 0 aliphatic carbocycles. The van der Waals surface area contributed by atoms with Gasteiger partial charge in [0.25, 0.3) is 0 Å². The summed E-state index contributed by atoms with van der Waals surface area (Å²) in [6, 6.07) is 2.47. The molecule has 0 amide bonds. The molecule has 1 aromatic rings. The van der Waals surface area contributed by atoms with E-state index < -0.39 is 0 Å². The second-order valence-corrected chi connectivity index (χ2v) is 4.02. The highest BCUT2D eigenvalue weighted by Gasteiger charge is 2.15. The summed E-state index contributed by atoms with van der Waals surface area (Å²) < 4.78 is 5.73. The van der Waals surface area contributed by atoms with E-state index in [2.05, 4.69) is 15.3 Å². The number of hydrogen-bond donors (Lipinski definition) is 1. The van der Waals surface area contributed by atoms with Crippen LogP contribution in [0.5, 0.6) is 6.01 Å². The molecular formula is C11H18ClN3O. The quantitative estimate of drug-likeness (QED) is 0.858. The van der Waals surface area contributed by atoms with E-state index >= 15 is 0 Å². The van der Waals surface area contributed by atoms with Crippen LogP contribution in [0.15, 0.2) is 6.07 Å². The zero-order chi connectivity index (χ0) is 10.7. The Morgan fingerprint density at radius 1 is 1.31 bits per heavy atom. The van der Waals surface area contributed by atoms with Gasteiger partial charge >= 0.3 is 6.01 Å². The van der Waals surface area contributed by atoms with Gasteiger partial charge in [-0.2, -0.15) is 0 Å². The molecule has 2 rings (SSSR count). The average molecular weight is 244 g/mol. The van der Waals surface area contributed by atoms with E-state index in [9.17, 15) is 0 Å². The maximum absolute atomic E-state index is 5.73. The van der Waals surface area contributed by atoms with Crippen molar-refractivity contribution in [3.05, 3.63) is 17.5 Å². The van der Waals surface area contributed by atoms with E-state index in [0.29, 0.717) is 6.01 Å². The van der Waals surface area contributed by atoms with Gasteiger partial charge < -0.3 is 10.1 Å². The molecule has 0 unspecified atom stereocenters. The third-order valence-electron chi connectivity index (χ3n) is 2.49. The molecule has 1 fully saturated rings. The van der Waals surface area contributed by atoms with Crippen LogP contribution >= 0.6 is 12.4 Å². The molecule has 1 aliphatic rings. The maximum atomic E-state index is 5.73. The fourth-order valence-electron chi connectivity index (χ4n) is 1.82. The topological polar surface area (TPSA) is 47.0 Å². The van der Waals surface area contributed by atoms with Crippen LogP contribution in [0.4, 0.5) is 0 Å². The largest absolute Gasteiger partial charge is 0.459 e. The van der Waals surface area contributed by atoms with Crippen molar-refractivity contribution < 1.29 is 4.74 Å². The standard InChI is InChI=1S/C11H17N3O.ClH/c1-8-6-9(2)14-11(13-8)15-10-4-3-5-12-7-10;/h6,10,12H,3-5,7H2,1-2H3;1H/t10-;/m0./s1. The van der Waals surface area contributed by atoms with Gasteiger partial charge in [-0.3, -0.25) is 0 Å². The number of ether oxygens (including phenoxy) is 1. The number of piperidine rings is 1. The highest BCUT2D eigenvalue weighted by Crippen LogP contribution is 2.12. The molecule has 0 spiro atoms. The SMILES string of the molecule is Cc1cc(C)nc(O[C@H]2CCCNC2)n1.Cl. The lowest BCUT2D eigenvalue weighted by Crippen LogP contribution is -2.37. The second kappa shape index (κ2) is 6.01. The first-order chi connectivity index (χ1) is 7.24. The van der Waals surface area contributed by atoms with Crippen molar-refractivity contribution in [2.45, 2.75) is 32.8 Å². The normalized spacial score (nSPS) is 20.0. The first-order valence-electron chi connectivity index (χ1n) is 5.44. The maximum Gasteiger partial charge on any atom is 0.317 e. The van der Waals surface area contributed by atoms with E-state index in [4.69, 9.17) is 4.74 Å². The molecule has 2 heterocycles. The fourth-order valence-corrected chi connectivity index (χ4v) is 1.82. The van der Waals surface area contributed by atoms with Crippen LogP contribution in [0, 0.1) is 13.8 Å². The smallest absolute Gasteiger partial charge is 0.317 e. The zero-order valence-electron chi connectivity index (χ0n) is 9.69. The number of halogens is 1. The summed E-state index contributed by atoms with van der Waals surface area (Å²) >= 11 is 0. The van der Waals surface area contributed by atoms with Crippen molar-refractivity contribution in [2.24, 2.45) is 0 Å². The lowest BCUT2D eigenvalue weighted by Gasteiger charge is -2.22. The minimum absolute atomic E-state index is 0. The molecule has 4 nitrogen and oxygen atoms in total. The summed E-state index contributed by atoms with van der Waals surface area (Å²) in [6.45, 7) is 5.91. The monoisotopic (exact) mass is 243 g/mol. The zero-order valence-corrected chi connectivity index (χ0v) is 10.5. The molecule has 1 saturated heterocycles. The fraction of sp³-hybridized carbons (Fsp3) is 0.636. The highest BCUT2D eigenvalue weighted by molar-refractivity contribution is 5.85. The first-order valence-corrected chi connectivity index (χ1v) is 5.44. The van der Waals surface area contributed by atoms with E-state index in [1.165, 1.54) is 0 Å². The molecule has 0 radical (unpaired) electrons. The average Bonchev–Trinajstić information content (AvgIpc) is 2.17. The molecular weight excluding hydrogens is 226 g/mol. The highest BCUT2D eigenvalue weighted by atomic mass is 35.5. The molecule has 1 N–H and O–H groups in total. The predicted molar refractivity (Wildman–Crippen MR) is 65.3 cm³/mol. The Kier molecular flexibility index (Phi) is 4.96. The minimum atomic E-state index is 0. The summed E-state index contributed by atoms with van der Waals surface area (Å²) in [6.07, 6.45) is 2.47. The van der Waals surface area contributed by atoms with E-state index in [1.807, 2.05) is 19.9 Å². The Labute approximate surface area is 102 Å². The van der Waals surface area contributed by atoms with Gasteiger partial charge in [0.1, 0.15) is 6.10 Å². The Hall–Kier alpha value is -0.870. The van der Waals surface area contributed by atoms with Crippen LogP contribution in [-0.4, -0.2) is 29.2 Å². The van der Waals surface area contributed by atoms with Gasteiger partial charge in [0.2, 0.25) is 0 Å². The Bertz CT molecular complexity index is 320. The van der Waals surface area contributed by atoms with Crippen LogP contribution in [0.3, 0.4) is 0 Å². The van der Waals surface area contributed by atoms with Gasteiger partial charge in [-0.05, 0) is 39.3 Å². The third kappa shape index (κ3) is 3.61. The van der Waals surface area contributed by atoms with Gasteiger partial charge in [-0.15, -0.1) is 12.4 Å². The summed E-state index contributed by atoms with van der Waals surface area (Å²) in [7, 11) is 0. The van der Waals surface area contributed by atoms with Gasteiger partial charge in [0.05, 0.1) is 0 Å². The molecule has 1 atom stereocenters. The Morgan fingerprint density at radius 3 is 2.56 bits per heavy atom. The lowest BCUT2D eigenvalue weighted by atomic mass is 10.1. The number of aryl methyl sites for hydroxylation is 2. The molecule has 16 heavy (non-hydrogen) atoms. The first kappa shape index (κ1) is 13.2. The van der Waals surface area contributed by atoms with Crippen LogP contribution in [-0.2, 0) is 0 Å². The molecule has 0 bridgehead atoms. The Morgan fingerprint density at radius 2 is 2.00 bits per heavy atom. The molecule has 1 aliphatic heterocycles. The number of nitrogens with zero attached hydrogens (tertiary/aromatic N) is 2. The van der Waals surface area contributed by atoms with Crippen molar-refractivity contribution in [2.75, 3.05) is 13.1 Å². The van der Waals surface area contributed by atoms with Crippen LogP contribution in [0.1, 0.15) is 24.2 Å². The molecule has 1 aromatic heterocycles. The number of rotatable bonds is 2. The molecule has 0 aromatic carbocycles. The molecule has 0 saturated carbocycles. The number of nitrogens with one attached hydrogen (secondary N) is 1. The Balaban J connectivity index is 0.00000128. The molecule has 5 heteroatoms. The summed E-state index contributed by atoms with van der Waals surface area (Å²) in [5.74, 6) is 0. The van der Waals surface area contributed by atoms with Crippen LogP contribution in [0.25, 0.3) is 0 Å². The van der Waals surface area contributed by atoms with Gasteiger partial charge in [-0.25, -0.2) is 9.97 Å². The van der Waals surface area contributed by atoms with Gasteiger partial charge in [0.15, 0.2) is 0 Å². The predicted octanol–water partition coefficient (Wildman–Crippen LogP) is 1.65. The summed E-state index contributed by atoms with van der Waals surface area (Å²) in [4.78, 5) is 8.53.